The molecule has 2 atom stereocenters. The van der Waals surface area contributed by atoms with Gasteiger partial charge in [0.25, 0.3) is 5.91 Å². The first-order valence-electron chi connectivity index (χ1n) is 9.68. The predicted octanol–water partition coefficient (Wildman–Crippen LogP) is 1.47. The Balaban J connectivity index is 1.40. The lowest BCUT2D eigenvalue weighted by atomic mass is 9.85. The molecule has 2 aliphatic rings. The number of amides is 4. The lowest BCUT2D eigenvalue weighted by molar-refractivity contribution is -0.148. The van der Waals surface area contributed by atoms with E-state index in [1.54, 1.807) is 24.3 Å². The quantitative estimate of drug-likeness (QED) is 0.397. The van der Waals surface area contributed by atoms with E-state index in [1.165, 1.54) is 6.92 Å². The zero-order valence-electron chi connectivity index (χ0n) is 16.6. The van der Waals surface area contributed by atoms with Gasteiger partial charge in [-0.25, -0.2) is 0 Å². The van der Waals surface area contributed by atoms with Crippen molar-refractivity contribution in [1.29, 1.82) is 0 Å². The van der Waals surface area contributed by atoms with Gasteiger partial charge in [-0.3, -0.25) is 28.9 Å². The van der Waals surface area contributed by atoms with E-state index in [0.717, 1.165) is 4.90 Å². The van der Waals surface area contributed by atoms with Gasteiger partial charge in [-0.15, -0.1) is 0 Å². The minimum atomic E-state index is -0.667. The highest BCUT2D eigenvalue weighted by molar-refractivity contribution is 6.05. The summed E-state index contributed by atoms with van der Waals surface area (Å²) >= 11 is 0. The van der Waals surface area contributed by atoms with Crippen LogP contribution in [0.5, 0.6) is 0 Å². The average molecular weight is 413 g/mol. The summed E-state index contributed by atoms with van der Waals surface area (Å²) in [5, 5.41) is 5.18. The van der Waals surface area contributed by atoms with Gasteiger partial charge in [0.05, 0.1) is 18.3 Å². The van der Waals surface area contributed by atoms with Crippen molar-refractivity contribution in [1.82, 2.24) is 4.90 Å². The minimum Gasteiger partial charge on any atom is -0.456 e. The van der Waals surface area contributed by atoms with E-state index in [1.807, 2.05) is 12.2 Å². The minimum absolute atomic E-state index is 0.0459. The van der Waals surface area contributed by atoms with Crippen LogP contribution < -0.4 is 10.6 Å². The third-order valence-electron chi connectivity index (χ3n) is 4.99. The highest BCUT2D eigenvalue weighted by Gasteiger charge is 2.46. The number of hydrogen-bond acceptors (Lipinski definition) is 6. The van der Waals surface area contributed by atoms with E-state index in [-0.39, 0.29) is 42.5 Å². The maximum absolute atomic E-state index is 12.3. The van der Waals surface area contributed by atoms with Crippen molar-refractivity contribution in [3.63, 3.8) is 0 Å². The van der Waals surface area contributed by atoms with Crippen molar-refractivity contribution in [2.75, 3.05) is 23.8 Å². The first kappa shape index (κ1) is 21.2. The summed E-state index contributed by atoms with van der Waals surface area (Å²) in [4.78, 5) is 60.7. The number of carbonyl (C=O) groups excluding carboxylic acids is 5. The third kappa shape index (κ3) is 5.11. The Labute approximate surface area is 173 Å². The summed E-state index contributed by atoms with van der Waals surface area (Å²) in [6.45, 7) is 0.864. The van der Waals surface area contributed by atoms with Gasteiger partial charge in [-0.05, 0) is 37.1 Å². The summed E-state index contributed by atoms with van der Waals surface area (Å²) in [5.74, 6) is -2.56. The fourth-order valence-corrected chi connectivity index (χ4v) is 3.55. The molecule has 0 spiro atoms. The first-order valence-corrected chi connectivity index (χ1v) is 9.68. The molecule has 1 aromatic carbocycles. The fourth-order valence-electron chi connectivity index (χ4n) is 3.55. The van der Waals surface area contributed by atoms with E-state index in [2.05, 4.69) is 10.6 Å². The van der Waals surface area contributed by atoms with Crippen molar-refractivity contribution in [2.24, 2.45) is 11.8 Å². The molecule has 0 unspecified atom stereocenters. The first-order chi connectivity index (χ1) is 14.3. The highest BCUT2D eigenvalue weighted by atomic mass is 16.5. The van der Waals surface area contributed by atoms with Gasteiger partial charge in [0.15, 0.2) is 6.61 Å². The zero-order valence-corrected chi connectivity index (χ0v) is 16.6. The van der Waals surface area contributed by atoms with Gasteiger partial charge in [0.1, 0.15) is 0 Å². The van der Waals surface area contributed by atoms with Crippen LogP contribution in [0, 0.1) is 11.8 Å². The Morgan fingerprint density at radius 1 is 0.967 bits per heavy atom. The number of allylic oxidation sites excluding steroid dienone is 2. The molecule has 0 saturated carbocycles. The lowest BCUT2D eigenvalue weighted by Gasteiger charge is -2.14. The number of esters is 1. The number of nitrogens with one attached hydrogen (secondary N) is 2. The average Bonchev–Trinajstić information content (AvgIpc) is 2.96. The standard InChI is InChI=1S/C21H23N3O6/c1-13(25)22-14-6-8-15(9-7-14)23-18(26)12-30-19(27)10-11-24-20(28)16-4-2-3-5-17(16)21(24)29/h2-3,6-9,16-17H,4-5,10-12H2,1H3,(H,22,25)(H,23,26)/t16-,17-/m1/s1. The Morgan fingerprint density at radius 2 is 1.50 bits per heavy atom. The monoisotopic (exact) mass is 413 g/mol. The Bertz CT molecular complexity index is 867. The summed E-state index contributed by atoms with van der Waals surface area (Å²) in [7, 11) is 0. The van der Waals surface area contributed by atoms with Crippen LogP contribution in [-0.4, -0.2) is 47.6 Å². The fraction of sp³-hybridized carbons (Fsp3) is 0.381. The molecular formula is C21H23N3O6. The number of nitrogens with zero attached hydrogens (tertiary/aromatic N) is 1. The molecule has 0 bridgehead atoms. The maximum atomic E-state index is 12.3. The zero-order chi connectivity index (χ0) is 21.7. The van der Waals surface area contributed by atoms with Crippen molar-refractivity contribution in [3.05, 3.63) is 36.4 Å². The van der Waals surface area contributed by atoms with Gasteiger partial charge >= 0.3 is 5.97 Å². The van der Waals surface area contributed by atoms with Crippen LogP contribution in [0.2, 0.25) is 0 Å². The van der Waals surface area contributed by atoms with E-state index < -0.39 is 18.5 Å². The smallest absolute Gasteiger partial charge is 0.308 e. The summed E-state index contributed by atoms with van der Waals surface area (Å²) < 4.78 is 4.93. The Kier molecular flexibility index (Phi) is 6.61. The van der Waals surface area contributed by atoms with Crippen molar-refractivity contribution >= 4 is 41.0 Å². The predicted molar refractivity (Wildman–Crippen MR) is 107 cm³/mol. The lowest BCUT2D eigenvalue weighted by Crippen LogP contribution is -2.33. The maximum Gasteiger partial charge on any atom is 0.308 e. The van der Waals surface area contributed by atoms with E-state index >= 15 is 0 Å². The second-order valence-electron chi connectivity index (χ2n) is 7.20. The van der Waals surface area contributed by atoms with Crippen LogP contribution >= 0.6 is 0 Å². The van der Waals surface area contributed by atoms with Gasteiger partial charge < -0.3 is 15.4 Å². The van der Waals surface area contributed by atoms with Crippen LogP contribution in [0.1, 0.15) is 26.2 Å². The van der Waals surface area contributed by atoms with E-state index in [4.69, 9.17) is 4.74 Å². The molecule has 2 N–H and O–H groups in total. The molecule has 1 aliphatic heterocycles. The van der Waals surface area contributed by atoms with Crippen molar-refractivity contribution < 1.29 is 28.7 Å². The van der Waals surface area contributed by atoms with Gasteiger partial charge in [0, 0.05) is 24.8 Å². The summed E-state index contributed by atoms with van der Waals surface area (Å²) in [6, 6.07) is 6.45. The number of imide groups is 1. The summed E-state index contributed by atoms with van der Waals surface area (Å²) in [6.07, 6.45) is 4.72. The Morgan fingerprint density at radius 3 is 2.03 bits per heavy atom. The molecule has 9 heteroatoms. The van der Waals surface area contributed by atoms with Gasteiger partial charge in [-0.1, -0.05) is 12.2 Å². The molecule has 1 aliphatic carbocycles. The Hall–Kier alpha value is -3.49. The third-order valence-corrected chi connectivity index (χ3v) is 4.99. The molecule has 1 fully saturated rings. The topological polar surface area (TPSA) is 122 Å². The largest absolute Gasteiger partial charge is 0.456 e. The molecule has 0 radical (unpaired) electrons. The number of rotatable bonds is 7. The number of benzene rings is 1. The molecule has 9 nitrogen and oxygen atoms in total. The van der Waals surface area contributed by atoms with E-state index in [9.17, 15) is 24.0 Å². The number of ether oxygens (including phenoxy) is 1. The molecule has 1 aromatic rings. The van der Waals surface area contributed by atoms with Crippen LogP contribution in [0.3, 0.4) is 0 Å². The number of likely N-dealkylation sites (tertiary alicyclic amines) is 1. The molecule has 30 heavy (non-hydrogen) atoms. The van der Waals surface area contributed by atoms with Crippen molar-refractivity contribution in [2.45, 2.75) is 26.2 Å². The molecule has 3 rings (SSSR count). The summed E-state index contributed by atoms with van der Waals surface area (Å²) in [5.41, 5.74) is 1.07. The van der Waals surface area contributed by atoms with E-state index in [0.29, 0.717) is 24.2 Å². The molecule has 1 saturated heterocycles. The number of hydrogen-bond donors (Lipinski definition) is 2. The van der Waals surface area contributed by atoms with Crippen molar-refractivity contribution in [3.8, 4) is 0 Å². The van der Waals surface area contributed by atoms with Gasteiger partial charge in [0.2, 0.25) is 17.7 Å². The van der Waals surface area contributed by atoms with Crippen LogP contribution in [0.4, 0.5) is 11.4 Å². The molecule has 0 aromatic heterocycles. The molecule has 158 valence electrons. The second kappa shape index (κ2) is 9.34. The molecule has 1 heterocycles. The SMILES string of the molecule is CC(=O)Nc1ccc(NC(=O)COC(=O)CCN2C(=O)[C@@H]3CC=CC[C@H]3C2=O)cc1. The molecule has 4 amide bonds. The number of fused-ring (bicyclic) bond motifs is 1. The van der Waals surface area contributed by atoms with Crippen LogP contribution in [0.15, 0.2) is 36.4 Å². The highest BCUT2D eigenvalue weighted by Crippen LogP contribution is 2.35. The number of anilines is 2. The van der Waals surface area contributed by atoms with Crippen LogP contribution in [-0.2, 0) is 28.7 Å². The van der Waals surface area contributed by atoms with Gasteiger partial charge in [-0.2, -0.15) is 0 Å². The number of carbonyl (C=O) groups is 5. The van der Waals surface area contributed by atoms with Crippen LogP contribution in [0.25, 0.3) is 0 Å². The normalized spacial score (nSPS) is 20.0. The second-order valence-corrected chi connectivity index (χ2v) is 7.20. The molecular weight excluding hydrogens is 390 g/mol.